The van der Waals surface area contributed by atoms with Gasteiger partial charge in [0.25, 0.3) is 0 Å². The van der Waals surface area contributed by atoms with Gasteiger partial charge in [0.1, 0.15) is 6.04 Å². The number of nitrogens with one attached hydrogen (secondary N) is 2. The quantitative estimate of drug-likeness (QED) is 0.544. The van der Waals surface area contributed by atoms with Gasteiger partial charge in [-0.15, -0.1) is 0 Å². The fraction of sp³-hybridized carbons (Fsp3) is 0.375. The van der Waals surface area contributed by atoms with Crippen molar-refractivity contribution in [2.24, 2.45) is 0 Å². The Morgan fingerprint density at radius 1 is 1.21 bits per heavy atom. The number of rotatable bonds is 7. The first-order chi connectivity index (χ1) is 11.5. The van der Waals surface area contributed by atoms with Crippen molar-refractivity contribution in [1.82, 2.24) is 14.9 Å². The molecule has 1 heterocycles. The molecule has 1 aromatic carbocycles. The van der Waals surface area contributed by atoms with Gasteiger partial charge in [-0.2, -0.15) is 4.31 Å². The Bertz CT molecular complexity index is 703. The van der Waals surface area contributed by atoms with Crippen LogP contribution in [0.1, 0.15) is 12.8 Å². The van der Waals surface area contributed by atoms with Gasteiger partial charge in [0.15, 0.2) is 0 Å². The van der Waals surface area contributed by atoms with Crippen molar-refractivity contribution in [3.8, 4) is 0 Å². The number of benzene rings is 1. The maximum atomic E-state index is 12.7. The highest BCUT2D eigenvalue weighted by atomic mass is 32.2. The van der Waals surface area contributed by atoms with Gasteiger partial charge >= 0.3 is 0 Å². The standard InChI is InChI=1S/C16H21N3O4S/c1-2-15(20)17-10-11-18-16(21)14-9-6-12-19(14)24(22,23)13-7-4-3-5-8-13/h2-5,7-8,14H,1,6,9-12H2,(H,17,20)(H,18,21). The molecule has 0 aliphatic carbocycles. The van der Waals surface area contributed by atoms with Crippen molar-refractivity contribution < 1.29 is 18.0 Å². The molecule has 1 unspecified atom stereocenters. The summed E-state index contributed by atoms with van der Waals surface area (Å²) in [6.07, 6.45) is 2.27. The normalized spacial score (nSPS) is 18.1. The summed E-state index contributed by atoms with van der Waals surface area (Å²) in [7, 11) is -3.69. The van der Waals surface area contributed by atoms with Crippen LogP contribution in [0.3, 0.4) is 0 Å². The predicted octanol–water partition coefficient (Wildman–Crippen LogP) is 0.258. The number of amides is 2. The SMILES string of the molecule is C=CC(=O)NCCNC(=O)C1CCCN1S(=O)(=O)c1ccccc1. The van der Waals surface area contributed by atoms with Crippen LogP contribution in [-0.2, 0) is 19.6 Å². The molecule has 1 aliphatic rings. The predicted molar refractivity (Wildman–Crippen MR) is 89.6 cm³/mol. The summed E-state index contributed by atoms with van der Waals surface area (Å²) in [5.74, 6) is -0.668. The molecular weight excluding hydrogens is 330 g/mol. The van der Waals surface area contributed by atoms with Gasteiger partial charge in [0.05, 0.1) is 4.90 Å². The maximum absolute atomic E-state index is 12.7. The average molecular weight is 351 g/mol. The highest BCUT2D eigenvalue weighted by molar-refractivity contribution is 7.89. The van der Waals surface area contributed by atoms with Crippen LogP contribution in [0.5, 0.6) is 0 Å². The second-order valence-corrected chi connectivity index (χ2v) is 7.26. The second kappa shape index (κ2) is 8.07. The maximum Gasteiger partial charge on any atom is 0.243 e. The van der Waals surface area contributed by atoms with Gasteiger partial charge in [-0.05, 0) is 31.1 Å². The number of sulfonamides is 1. The van der Waals surface area contributed by atoms with E-state index < -0.39 is 16.1 Å². The van der Waals surface area contributed by atoms with E-state index in [-0.39, 0.29) is 29.8 Å². The molecule has 130 valence electrons. The lowest BCUT2D eigenvalue weighted by Crippen LogP contribution is -2.47. The van der Waals surface area contributed by atoms with Crippen molar-refractivity contribution in [2.45, 2.75) is 23.8 Å². The van der Waals surface area contributed by atoms with Gasteiger partial charge in [0, 0.05) is 19.6 Å². The molecule has 1 saturated heterocycles. The average Bonchev–Trinajstić information content (AvgIpc) is 3.09. The fourth-order valence-electron chi connectivity index (χ4n) is 2.58. The molecule has 2 rings (SSSR count). The zero-order valence-electron chi connectivity index (χ0n) is 13.3. The largest absolute Gasteiger partial charge is 0.353 e. The Kier molecular flexibility index (Phi) is 6.10. The minimum Gasteiger partial charge on any atom is -0.353 e. The molecule has 0 spiro atoms. The van der Waals surface area contributed by atoms with Crippen molar-refractivity contribution in [2.75, 3.05) is 19.6 Å². The van der Waals surface area contributed by atoms with Crippen molar-refractivity contribution >= 4 is 21.8 Å². The summed E-state index contributed by atoms with van der Waals surface area (Å²) >= 11 is 0. The molecule has 1 fully saturated rings. The lowest BCUT2D eigenvalue weighted by Gasteiger charge is -2.23. The molecular formula is C16H21N3O4S. The second-order valence-electron chi connectivity index (χ2n) is 5.37. The third-order valence-electron chi connectivity index (χ3n) is 3.76. The van der Waals surface area contributed by atoms with Crippen LogP contribution in [-0.4, -0.2) is 50.2 Å². The van der Waals surface area contributed by atoms with Gasteiger partial charge < -0.3 is 10.6 Å². The molecule has 0 saturated carbocycles. The summed E-state index contributed by atoms with van der Waals surface area (Å²) in [6.45, 7) is 4.14. The van der Waals surface area contributed by atoms with E-state index in [1.54, 1.807) is 18.2 Å². The number of carbonyl (C=O) groups is 2. The summed E-state index contributed by atoms with van der Waals surface area (Å²) in [5, 5.41) is 5.21. The molecule has 0 radical (unpaired) electrons. The van der Waals surface area contributed by atoms with Crippen LogP contribution in [0.4, 0.5) is 0 Å². The van der Waals surface area contributed by atoms with Crippen LogP contribution in [0, 0.1) is 0 Å². The van der Waals surface area contributed by atoms with E-state index in [0.717, 1.165) is 6.08 Å². The van der Waals surface area contributed by atoms with Gasteiger partial charge in [-0.1, -0.05) is 24.8 Å². The molecule has 0 aromatic heterocycles. The molecule has 1 atom stereocenters. The Labute approximate surface area is 141 Å². The van der Waals surface area contributed by atoms with E-state index in [1.165, 1.54) is 16.4 Å². The number of carbonyl (C=O) groups excluding carboxylic acids is 2. The monoisotopic (exact) mass is 351 g/mol. The zero-order chi connectivity index (χ0) is 17.6. The summed E-state index contributed by atoms with van der Waals surface area (Å²) in [6, 6.07) is 7.37. The first-order valence-electron chi connectivity index (χ1n) is 7.71. The van der Waals surface area contributed by atoms with Crippen molar-refractivity contribution in [3.63, 3.8) is 0 Å². The summed E-state index contributed by atoms with van der Waals surface area (Å²) in [4.78, 5) is 23.5. The van der Waals surface area contributed by atoms with E-state index in [2.05, 4.69) is 17.2 Å². The number of nitrogens with zero attached hydrogens (tertiary/aromatic N) is 1. The molecule has 2 amide bonds. The Morgan fingerprint density at radius 2 is 1.88 bits per heavy atom. The summed E-state index contributed by atoms with van der Waals surface area (Å²) < 4.78 is 26.6. The zero-order valence-corrected chi connectivity index (χ0v) is 14.1. The minimum absolute atomic E-state index is 0.183. The number of hydrogen-bond acceptors (Lipinski definition) is 4. The Hall–Kier alpha value is -2.19. The van der Waals surface area contributed by atoms with E-state index in [0.29, 0.717) is 19.4 Å². The van der Waals surface area contributed by atoms with Crippen LogP contribution in [0.2, 0.25) is 0 Å². The fourth-order valence-corrected chi connectivity index (χ4v) is 4.26. The third-order valence-corrected chi connectivity index (χ3v) is 5.69. The van der Waals surface area contributed by atoms with Crippen LogP contribution >= 0.6 is 0 Å². The van der Waals surface area contributed by atoms with E-state index >= 15 is 0 Å². The molecule has 8 heteroatoms. The van der Waals surface area contributed by atoms with Crippen molar-refractivity contribution in [3.05, 3.63) is 43.0 Å². The first-order valence-corrected chi connectivity index (χ1v) is 9.15. The van der Waals surface area contributed by atoms with E-state index in [1.807, 2.05) is 0 Å². The van der Waals surface area contributed by atoms with Gasteiger partial charge in [-0.25, -0.2) is 8.42 Å². The summed E-state index contributed by atoms with van der Waals surface area (Å²) in [5.41, 5.74) is 0. The van der Waals surface area contributed by atoms with Crippen LogP contribution in [0.25, 0.3) is 0 Å². The molecule has 1 aliphatic heterocycles. The lowest BCUT2D eigenvalue weighted by molar-refractivity contribution is -0.124. The van der Waals surface area contributed by atoms with Crippen LogP contribution < -0.4 is 10.6 Å². The molecule has 1 aromatic rings. The first kappa shape index (κ1) is 18.2. The van der Waals surface area contributed by atoms with E-state index in [9.17, 15) is 18.0 Å². The Morgan fingerprint density at radius 3 is 2.54 bits per heavy atom. The number of hydrogen-bond donors (Lipinski definition) is 2. The minimum atomic E-state index is -3.69. The third kappa shape index (κ3) is 4.21. The molecule has 24 heavy (non-hydrogen) atoms. The smallest absolute Gasteiger partial charge is 0.243 e. The highest BCUT2D eigenvalue weighted by Crippen LogP contribution is 2.25. The van der Waals surface area contributed by atoms with Crippen LogP contribution in [0.15, 0.2) is 47.9 Å². The highest BCUT2D eigenvalue weighted by Gasteiger charge is 2.39. The van der Waals surface area contributed by atoms with Crippen molar-refractivity contribution in [1.29, 1.82) is 0 Å². The topological polar surface area (TPSA) is 95.6 Å². The van der Waals surface area contributed by atoms with E-state index in [4.69, 9.17) is 0 Å². The Balaban J connectivity index is 1.98. The molecule has 0 bridgehead atoms. The van der Waals surface area contributed by atoms with Gasteiger partial charge in [-0.3, -0.25) is 9.59 Å². The molecule has 7 nitrogen and oxygen atoms in total. The molecule has 2 N–H and O–H groups in total. The van der Waals surface area contributed by atoms with Gasteiger partial charge in [0.2, 0.25) is 21.8 Å². The lowest BCUT2D eigenvalue weighted by atomic mass is 10.2.